The van der Waals surface area contributed by atoms with E-state index in [-0.39, 0.29) is 0 Å². The molecule has 0 N–H and O–H groups in total. The minimum absolute atomic E-state index is 0.465. The molecule has 0 atom stereocenters. The molecule has 0 heteroatoms. The molecule has 0 nitrogen and oxygen atoms in total. The highest BCUT2D eigenvalue weighted by atomic mass is 14.5. The summed E-state index contributed by atoms with van der Waals surface area (Å²) in [4.78, 5) is 0. The standard InChI is InChI=1S/C9H17/c1-8(2)6-5-7-9(8,3)4/h6H,5,7H2,1-4H3. The van der Waals surface area contributed by atoms with Crippen LogP contribution in [0.5, 0.6) is 0 Å². The largest absolute Gasteiger partial charge is 0.0594 e. The third-order valence-electron chi connectivity index (χ3n) is 3.17. The summed E-state index contributed by atoms with van der Waals surface area (Å²) in [6, 6.07) is 0. The zero-order valence-electron chi connectivity index (χ0n) is 6.99. The number of rotatable bonds is 0. The first-order valence-electron chi connectivity index (χ1n) is 3.80. The molecule has 1 fully saturated rings. The van der Waals surface area contributed by atoms with Crippen molar-refractivity contribution in [3.63, 3.8) is 0 Å². The normalized spacial score (nSPS) is 30.7. The van der Waals surface area contributed by atoms with E-state index in [2.05, 4.69) is 34.1 Å². The van der Waals surface area contributed by atoms with Crippen molar-refractivity contribution < 1.29 is 0 Å². The summed E-state index contributed by atoms with van der Waals surface area (Å²) in [5.74, 6) is 0. The molecule has 0 amide bonds. The zero-order valence-corrected chi connectivity index (χ0v) is 6.99. The van der Waals surface area contributed by atoms with Crippen LogP contribution in [0.4, 0.5) is 0 Å². The lowest BCUT2D eigenvalue weighted by Crippen LogP contribution is -2.25. The summed E-state index contributed by atoms with van der Waals surface area (Å²) in [5.41, 5.74) is 1.000. The minimum atomic E-state index is 0.465. The Labute approximate surface area is 58.7 Å². The lowest BCUT2D eigenvalue weighted by molar-refractivity contribution is 0.186. The quantitative estimate of drug-likeness (QED) is 0.467. The highest BCUT2D eigenvalue weighted by Gasteiger charge is 2.40. The summed E-state index contributed by atoms with van der Waals surface area (Å²) in [7, 11) is 0. The molecule has 1 rings (SSSR count). The first-order valence-corrected chi connectivity index (χ1v) is 3.80. The topological polar surface area (TPSA) is 0 Å². The highest BCUT2D eigenvalue weighted by Crippen LogP contribution is 2.50. The van der Waals surface area contributed by atoms with E-state index >= 15 is 0 Å². The molecule has 0 heterocycles. The van der Waals surface area contributed by atoms with Crippen molar-refractivity contribution in [2.45, 2.75) is 40.5 Å². The Morgan fingerprint density at radius 1 is 1.11 bits per heavy atom. The Bertz CT molecular complexity index is 95.2. The smallest absolute Gasteiger partial charge is 0.0272 e. The lowest BCUT2D eigenvalue weighted by Gasteiger charge is -2.34. The minimum Gasteiger partial charge on any atom is -0.0594 e. The van der Waals surface area contributed by atoms with Crippen molar-refractivity contribution in [2.24, 2.45) is 10.8 Å². The summed E-state index contributed by atoms with van der Waals surface area (Å²) < 4.78 is 0. The second-order valence-electron chi connectivity index (χ2n) is 4.35. The molecule has 53 valence electrons. The van der Waals surface area contributed by atoms with E-state index in [4.69, 9.17) is 0 Å². The van der Waals surface area contributed by atoms with E-state index in [9.17, 15) is 0 Å². The van der Waals surface area contributed by atoms with E-state index in [1.54, 1.807) is 0 Å². The molecular formula is C9H17. The van der Waals surface area contributed by atoms with E-state index in [0.29, 0.717) is 10.8 Å². The summed E-state index contributed by atoms with van der Waals surface area (Å²) >= 11 is 0. The van der Waals surface area contributed by atoms with Crippen LogP contribution >= 0.6 is 0 Å². The maximum Gasteiger partial charge on any atom is -0.0272 e. The van der Waals surface area contributed by atoms with Crippen LogP contribution in [0.2, 0.25) is 0 Å². The van der Waals surface area contributed by atoms with Gasteiger partial charge in [-0.05, 0) is 30.1 Å². The van der Waals surface area contributed by atoms with Gasteiger partial charge in [0.2, 0.25) is 0 Å². The fraction of sp³-hybridized carbons (Fsp3) is 0.889. The van der Waals surface area contributed by atoms with Crippen LogP contribution < -0.4 is 0 Å². The van der Waals surface area contributed by atoms with E-state index in [1.807, 2.05) is 0 Å². The lowest BCUT2D eigenvalue weighted by atomic mass is 9.71. The molecule has 9 heavy (non-hydrogen) atoms. The molecule has 0 unspecified atom stereocenters. The van der Waals surface area contributed by atoms with Crippen LogP contribution in [0.1, 0.15) is 40.5 Å². The van der Waals surface area contributed by atoms with Gasteiger partial charge in [-0.2, -0.15) is 0 Å². The fourth-order valence-corrected chi connectivity index (χ4v) is 1.39. The molecular weight excluding hydrogens is 108 g/mol. The first-order chi connectivity index (χ1) is 3.96. The van der Waals surface area contributed by atoms with Crippen molar-refractivity contribution in [2.75, 3.05) is 0 Å². The van der Waals surface area contributed by atoms with Gasteiger partial charge in [-0.15, -0.1) is 0 Å². The predicted octanol–water partition coefficient (Wildman–Crippen LogP) is 3.04. The maximum absolute atomic E-state index is 2.45. The van der Waals surface area contributed by atoms with E-state index in [0.717, 1.165) is 0 Å². The summed E-state index contributed by atoms with van der Waals surface area (Å²) in [6.07, 6.45) is 5.12. The zero-order chi connectivity index (χ0) is 7.12. The van der Waals surface area contributed by atoms with Crippen molar-refractivity contribution in [3.8, 4) is 0 Å². The van der Waals surface area contributed by atoms with E-state index in [1.165, 1.54) is 12.8 Å². The third-order valence-corrected chi connectivity index (χ3v) is 3.17. The molecule has 0 aromatic carbocycles. The Balaban J connectivity index is 2.75. The van der Waals surface area contributed by atoms with Gasteiger partial charge >= 0.3 is 0 Å². The van der Waals surface area contributed by atoms with Crippen molar-refractivity contribution >= 4 is 0 Å². The van der Waals surface area contributed by atoms with Crippen LogP contribution in [-0.2, 0) is 0 Å². The van der Waals surface area contributed by atoms with Gasteiger partial charge in [0.15, 0.2) is 0 Å². The van der Waals surface area contributed by atoms with Gasteiger partial charge in [0.25, 0.3) is 0 Å². The SMILES string of the molecule is CC1(C)[CH]CCC1(C)C. The summed E-state index contributed by atoms with van der Waals surface area (Å²) in [5, 5.41) is 0. The average Bonchev–Trinajstić information content (AvgIpc) is 1.81. The third kappa shape index (κ3) is 0.997. The number of hydrogen-bond acceptors (Lipinski definition) is 0. The number of hydrogen-bond donors (Lipinski definition) is 0. The average molecular weight is 125 g/mol. The second-order valence-corrected chi connectivity index (χ2v) is 4.35. The van der Waals surface area contributed by atoms with Crippen molar-refractivity contribution in [1.82, 2.24) is 0 Å². The van der Waals surface area contributed by atoms with Gasteiger partial charge in [-0.3, -0.25) is 0 Å². The van der Waals surface area contributed by atoms with Gasteiger partial charge in [-0.25, -0.2) is 0 Å². The predicted molar refractivity (Wildman–Crippen MR) is 41.1 cm³/mol. The molecule has 1 saturated carbocycles. The van der Waals surface area contributed by atoms with Crippen LogP contribution in [0.25, 0.3) is 0 Å². The van der Waals surface area contributed by atoms with Gasteiger partial charge in [-0.1, -0.05) is 27.7 Å². The Morgan fingerprint density at radius 3 is 1.78 bits per heavy atom. The Morgan fingerprint density at radius 2 is 1.67 bits per heavy atom. The maximum atomic E-state index is 2.45. The van der Waals surface area contributed by atoms with Crippen molar-refractivity contribution in [3.05, 3.63) is 6.42 Å². The molecule has 0 aromatic heterocycles. The molecule has 1 radical (unpaired) electrons. The van der Waals surface area contributed by atoms with Crippen LogP contribution in [0.3, 0.4) is 0 Å². The second kappa shape index (κ2) is 1.74. The fourth-order valence-electron chi connectivity index (χ4n) is 1.39. The highest BCUT2D eigenvalue weighted by molar-refractivity contribution is 5.02. The van der Waals surface area contributed by atoms with Crippen molar-refractivity contribution in [1.29, 1.82) is 0 Å². The van der Waals surface area contributed by atoms with Crippen LogP contribution in [-0.4, -0.2) is 0 Å². The molecule has 1 aliphatic carbocycles. The Kier molecular flexibility index (Phi) is 1.38. The molecule has 0 saturated heterocycles. The molecule has 0 bridgehead atoms. The molecule has 1 aliphatic rings. The van der Waals surface area contributed by atoms with Crippen LogP contribution in [0.15, 0.2) is 0 Å². The van der Waals surface area contributed by atoms with Crippen LogP contribution in [0, 0.1) is 17.3 Å². The summed E-state index contributed by atoms with van der Waals surface area (Å²) in [6.45, 7) is 9.38. The van der Waals surface area contributed by atoms with Gasteiger partial charge in [0.05, 0.1) is 0 Å². The van der Waals surface area contributed by atoms with Gasteiger partial charge in [0.1, 0.15) is 0 Å². The monoisotopic (exact) mass is 125 g/mol. The van der Waals surface area contributed by atoms with E-state index < -0.39 is 0 Å². The van der Waals surface area contributed by atoms with Gasteiger partial charge < -0.3 is 0 Å². The molecule has 0 aliphatic heterocycles. The first kappa shape index (κ1) is 7.11. The molecule has 0 spiro atoms. The van der Waals surface area contributed by atoms with Gasteiger partial charge in [0, 0.05) is 0 Å². The molecule has 0 aromatic rings. The Hall–Kier alpha value is 0.